The van der Waals surface area contributed by atoms with Gasteiger partial charge in [0, 0.05) is 42.3 Å². The topological polar surface area (TPSA) is 45.2 Å². The van der Waals surface area contributed by atoms with Crippen LogP contribution in [0.1, 0.15) is 29.7 Å². The van der Waals surface area contributed by atoms with E-state index in [4.69, 9.17) is 0 Å². The molecule has 0 saturated carbocycles. The second-order valence-corrected chi connectivity index (χ2v) is 8.09. The van der Waals surface area contributed by atoms with E-state index < -0.39 is 0 Å². The molecule has 0 aliphatic carbocycles. The third-order valence-corrected chi connectivity index (χ3v) is 6.10. The highest BCUT2D eigenvalue weighted by Crippen LogP contribution is 2.29. The number of thiazole rings is 1. The minimum Gasteiger partial charge on any atom is -0.352 e. The molecule has 2 aliphatic rings. The lowest BCUT2D eigenvalue weighted by Gasteiger charge is -2.26. The second-order valence-electron chi connectivity index (χ2n) is 6.97. The number of carbonyl (C=O) groups is 1. The summed E-state index contributed by atoms with van der Waals surface area (Å²) in [5.74, 6) is 0.408. The predicted molar refractivity (Wildman–Crippen MR) is 96.8 cm³/mol. The van der Waals surface area contributed by atoms with Crippen molar-refractivity contribution >= 4 is 17.2 Å². The molecule has 2 aliphatic heterocycles. The normalized spacial score (nSPS) is 24.5. The van der Waals surface area contributed by atoms with Gasteiger partial charge in [-0.05, 0) is 25.3 Å². The first-order valence-corrected chi connectivity index (χ1v) is 9.54. The summed E-state index contributed by atoms with van der Waals surface area (Å²) in [6.45, 7) is 4.86. The molecular formula is C19H23N3OS. The van der Waals surface area contributed by atoms with Crippen LogP contribution in [-0.2, 0) is 11.3 Å². The van der Waals surface area contributed by atoms with Crippen LogP contribution in [0.5, 0.6) is 0 Å². The molecule has 4 rings (SSSR count). The van der Waals surface area contributed by atoms with E-state index in [0.717, 1.165) is 37.5 Å². The van der Waals surface area contributed by atoms with Crippen LogP contribution in [-0.4, -0.2) is 34.9 Å². The number of fused-ring (bicyclic) bond motifs is 3. The van der Waals surface area contributed by atoms with Gasteiger partial charge in [0.25, 0.3) is 0 Å². The van der Waals surface area contributed by atoms with E-state index in [1.54, 1.807) is 11.3 Å². The maximum Gasteiger partial charge on any atom is 0.224 e. The fourth-order valence-electron chi connectivity index (χ4n) is 3.81. The molecule has 0 spiro atoms. The molecule has 126 valence electrons. The molecule has 24 heavy (non-hydrogen) atoms. The van der Waals surface area contributed by atoms with Gasteiger partial charge in [-0.3, -0.25) is 9.69 Å². The second kappa shape index (κ2) is 6.65. The van der Waals surface area contributed by atoms with Crippen LogP contribution in [0.15, 0.2) is 30.5 Å². The number of aromatic nitrogens is 1. The molecule has 2 bridgehead atoms. The van der Waals surface area contributed by atoms with E-state index in [-0.39, 0.29) is 11.8 Å². The highest BCUT2D eigenvalue weighted by Gasteiger charge is 2.32. The summed E-state index contributed by atoms with van der Waals surface area (Å²) in [7, 11) is 0. The molecular weight excluding hydrogens is 318 g/mol. The van der Waals surface area contributed by atoms with Gasteiger partial charge in [0.15, 0.2) is 0 Å². The molecule has 1 N–H and O–H groups in total. The number of hydrogen-bond donors (Lipinski definition) is 1. The molecule has 2 saturated heterocycles. The Morgan fingerprint density at radius 2 is 2.17 bits per heavy atom. The number of carbonyl (C=O) groups excluding carboxylic acids is 1. The van der Waals surface area contributed by atoms with E-state index in [2.05, 4.69) is 46.4 Å². The van der Waals surface area contributed by atoms with Crippen LogP contribution in [0, 0.1) is 12.8 Å². The summed E-state index contributed by atoms with van der Waals surface area (Å²) in [4.78, 5) is 20.5. The monoisotopic (exact) mass is 341 g/mol. The Balaban J connectivity index is 1.50. The van der Waals surface area contributed by atoms with Gasteiger partial charge in [0.1, 0.15) is 5.01 Å². The van der Waals surface area contributed by atoms with E-state index in [0.29, 0.717) is 6.04 Å². The van der Waals surface area contributed by atoms with Crippen LogP contribution in [0.2, 0.25) is 0 Å². The quantitative estimate of drug-likeness (QED) is 0.932. The smallest absolute Gasteiger partial charge is 0.224 e. The van der Waals surface area contributed by atoms with Gasteiger partial charge < -0.3 is 5.32 Å². The largest absolute Gasteiger partial charge is 0.352 e. The minimum absolute atomic E-state index is 0.154. The molecule has 1 aromatic heterocycles. The lowest BCUT2D eigenvalue weighted by Crippen LogP contribution is -2.38. The van der Waals surface area contributed by atoms with Crippen molar-refractivity contribution < 1.29 is 4.79 Å². The number of hydrogen-bond acceptors (Lipinski definition) is 4. The zero-order chi connectivity index (χ0) is 16.5. The molecule has 0 unspecified atom stereocenters. The van der Waals surface area contributed by atoms with Crippen LogP contribution in [0.4, 0.5) is 0 Å². The summed E-state index contributed by atoms with van der Waals surface area (Å²) in [5.41, 5.74) is 2.48. The summed E-state index contributed by atoms with van der Waals surface area (Å²) in [6, 6.07) is 8.71. The first-order valence-electron chi connectivity index (χ1n) is 8.72. The van der Waals surface area contributed by atoms with Gasteiger partial charge in [-0.15, -0.1) is 11.3 Å². The van der Waals surface area contributed by atoms with E-state index in [9.17, 15) is 4.79 Å². The fraction of sp³-hybridized carbons (Fsp3) is 0.474. The van der Waals surface area contributed by atoms with Crippen molar-refractivity contribution in [1.29, 1.82) is 0 Å². The Labute approximate surface area is 146 Å². The zero-order valence-corrected chi connectivity index (χ0v) is 14.8. The molecule has 0 radical (unpaired) electrons. The number of nitrogens with one attached hydrogen (secondary N) is 1. The van der Waals surface area contributed by atoms with Gasteiger partial charge >= 0.3 is 0 Å². The maximum absolute atomic E-state index is 12.2. The number of aryl methyl sites for hydroxylation is 1. The molecule has 2 aromatic rings. The number of amides is 1. The Morgan fingerprint density at radius 3 is 3.04 bits per heavy atom. The number of rotatable bonds is 3. The Hall–Kier alpha value is -1.72. The Kier molecular flexibility index (Phi) is 4.37. The van der Waals surface area contributed by atoms with Gasteiger partial charge in [0.05, 0.1) is 5.92 Å². The van der Waals surface area contributed by atoms with E-state index in [1.165, 1.54) is 22.4 Å². The molecule has 2 atom stereocenters. The molecule has 1 amide bonds. The average Bonchev–Trinajstić information content (AvgIpc) is 2.86. The Morgan fingerprint density at radius 1 is 1.29 bits per heavy atom. The average molecular weight is 341 g/mol. The van der Waals surface area contributed by atoms with Crippen molar-refractivity contribution in [3.63, 3.8) is 0 Å². The van der Waals surface area contributed by atoms with Gasteiger partial charge in [-0.2, -0.15) is 0 Å². The first-order chi connectivity index (χ1) is 11.7. The molecule has 4 nitrogen and oxygen atoms in total. The van der Waals surface area contributed by atoms with Crippen molar-refractivity contribution in [1.82, 2.24) is 15.2 Å². The van der Waals surface area contributed by atoms with Crippen molar-refractivity contribution in [2.75, 3.05) is 13.1 Å². The van der Waals surface area contributed by atoms with Gasteiger partial charge in [0.2, 0.25) is 5.91 Å². The van der Waals surface area contributed by atoms with Crippen LogP contribution in [0.25, 0.3) is 10.6 Å². The standard InChI is InChI=1S/C19H23N3OS/c1-13-5-2-3-8-17(13)19-20-9-16(24-19)12-22-10-14-6-4-7-15(11-22)21-18(14)23/h2-3,5,8-9,14-15H,4,6-7,10-12H2,1H3,(H,21,23)/t14-,15+/m0/s1. The molecule has 3 heterocycles. The summed E-state index contributed by atoms with van der Waals surface area (Å²) in [5, 5.41) is 4.29. The number of likely N-dealkylation sites (tertiary alicyclic amines) is 1. The number of nitrogens with zero attached hydrogens (tertiary/aromatic N) is 2. The van der Waals surface area contributed by atoms with Crippen molar-refractivity contribution in [3.8, 4) is 10.6 Å². The van der Waals surface area contributed by atoms with E-state index >= 15 is 0 Å². The maximum atomic E-state index is 12.2. The summed E-state index contributed by atoms with van der Waals surface area (Å²) >= 11 is 1.77. The van der Waals surface area contributed by atoms with Crippen LogP contribution in [0.3, 0.4) is 0 Å². The van der Waals surface area contributed by atoms with Crippen molar-refractivity contribution in [2.45, 2.75) is 38.8 Å². The molecule has 2 fully saturated rings. The van der Waals surface area contributed by atoms with Crippen molar-refractivity contribution in [3.05, 3.63) is 40.9 Å². The first kappa shape index (κ1) is 15.8. The van der Waals surface area contributed by atoms with Crippen LogP contribution >= 0.6 is 11.3 Å². The zero-order valence-electron chi connectivity index (χ0n) is 14.0. The van der Waals surface area contributed by atoms with E-state index in [1.807, 2.05) is 6.20 Å². The van der Waals surface area contributed by atoms with Crippen LogP contribution < -0.4 is 5.32 Å². The lowest BCUT2D eigenvalue weighted by molar-refractivity contribution is -0.124. The van der Waals surface area contributed by atoms with Gasteiger partial charge in [-0.1, -0.05) is 30.7 Å². The minimum atomic E-state index is 0.154. The summed E-state index contributed by atoms with van der Waals surface area (Å²) in [6.07, 6.45) is 5.30. The SMILES string of the molecule is Cc1ccccc1-c1ncc(CN2C[C@H]3CCC[C@@H](C2)C(=O)N3)s1. The van der Waals surface area contributed by atoms with Gasteiger partial charge in [-0.25, -0.2) is 4.98 Å². The third kappa shape index (κ3) is 3.23. The molecule has 5 heteroatoms. The highest BCUT2D eigenvalue weighted by molar-refractivity contribution is 7.15. The Bertz CT molecular complexity index is 742. The molecule has 1 aromatic carbocycles. The lowest BCUT2D eigenvalue weighted by atomic mass is 9.99. The number of benzene rings is 1. The fourth-order valence-corrected chi connectivity index (χ4v) is 4.85. The third-order valence-electron chi connectivity index (χ3n) is 5.09. The summed E-state index contributed by atoms with van der Waals surface area (Å²) < 4.78 is 0. The van der Waals surface area contributed by atoms with Crippen molar-refractivity contribution in [2.24, 2.45) is 5.92 Å². The highest BCUT2D eigenvalue weighted by atomic mass is 32.1. The predicted octanol–water partition coefficient (Wildman–Crippen LogP) is 3.22.